The standard InChI is InChI=1S/C11H20O3/c1-7(2)11(10(4,5)6)13-8(3)9(12)14-11/h7-8H,1-6H3/t8-,11-/m0/s1. The molecule has 0 spiro atoms. The van der Waals surface area contributed by atoms with Gasteiger partial charge in [0.05, 0.1) is 0 Å². The summed E-state index contributed by atoms with van der Waals surface area (Å²) in [6.45, 7) is 11.8. The van der Waals surface area contributed by atoms with E-state index < -0.39 is 11.9 Å². The normalized spacial score (nSPS) is 33.6. The summed E-state index contributed by atoms with van der Waals surface area (Å²) < 4.78 is 11.1. The highest BCUT2D eigenvalue weighted by molar-refractivity contribution is 5.76. The van der Waals surface area contributed by atoms with Crippen LogP contribution >= 0.6 is 0 Å². The van der Waals surface area contributed by atoms with E-state index in [1.165, 1.54) is 0 Å². The van der Waals surface area contributed by atoms with E-state index in [2.05, 4.69) is 0 Å². The Morgan fingerprint density at radius 2 is 1.86 bits per heavy atom. The van der Waals surface area contributed by atoms with Crippen molar-refractivity contribution < 1.29 is 14.3 Å². The molecule has 0 aromatic rings. The Morgan fingerprint density at radius 1 is 1.36 bits per heavy atom. The first-order valence-corrected chi connectivity index (χ1v) is 5.11. The average Bonchev–Trinajstić information content (AvgIpc) is 2.28. The van der Waals surface area contributed by atoms with Crippen LogP contribution in [0.5, 0.6) is 0 Å². The van der Waals surface area contributed by atoms with E-state index in [4.69, 9.17) is 9.47 Å². The van der Waals surface area contributed by atoms with Crippen molar-refractivity contribution in [3.05, 3.63) is 0 Å². The summed E-state index contributed by atoms with van der Waals surface area (Å²) in [5.41, 5.74) is -0.207. The molecule has 3 heteroatoms. The fourth-order valence-corrected chi connectivity index (χ4v) is 2.02. The lowest BCUT2D eigenvalue weighted by atomic mass is 9.78. The number of hydrogen-bond donors (Lipinski definition) is 0. The van der Waals surface area contributed by atoms with Crippen LogP contribution in [0.2, 0.25) is 0 Å². The minimum absolute atomic E-state index is 0.149. The maximum Gasteiger partial charge on any atom is 0.337 e. The molecule has 0 aliphatic carbocycles. The second-order valence-corrected chi connectivity index (χ2v) is 5.25. The van der Waals surface area contributed by atoms with Gasteiger partial charge < -0.3 is 9.47 Å². The highest BCUT2D eigenvalue weighted by Crippen LogP contribution is 2.45. The number of carbonyl (C=O) groups is 1. The van der Waals surface area contributed by atoms with Crippen LogP contribution in [0.15, 0.2) is 0 Å². The Labute approximate surface area is 85.8 Å². The zero-order valence-electron chi connectivity index (χ0n) is 9.88. The number of esters is 1. The molecular formula is C11H20O3. The molecule has 14 heavy (non-hydrogen) atoms. The third kappa shape index (κ3) is 1.54. The van der Waals surface area contributed by atoms with Crippen LogP contribution in [-0.2, 0) is 14.3 Å². The molecule has 1 heterocycles. The molecule has 0 N–H and O–H groups in total. The van der Waals surface area contributed by atoms with Crippen molar-refractivity contribution in [2.75, 3.05) is 0 Å². The van der Waals surface area contributed by atoms with Gasteiger partial charge >= 0.3 is 5.97 Å². The van der Waals surface area contributed by atoms with Gasteiger partial charge in [0.15, 0.2) is 6.10 Å². The second kappa shape index (κ2) is 3.23. The van der Waals surface area contributed by atoms with Crippen molar-refractivity contribution in [2.45, 2.75) is 53.4 Å². The molecular weight excluding hydrogens is 180 g/mol. The first kappa shape index (κ1) is 11.5. The molecule has 1 rings (SSSR count). The predicted octanol–water partition coefficient (Wildman–Crippen LogP) is 2.35. The molecule has 0 bridgehead atoms. The van der Waals surface area contributed by atoms with E-state index in [-0.39, 0.29) is 17.3 Å². The predicted molar refractivity (Wildman–Crippen MR) is 53.7 cm³/mol. The molecule has 1 saturated heterocycles. The van der Waals surface area contributed by atoms with Crippen molar-refractivity contribution in [3.8, 4) is 0 Å². The zero-order valence-corrected chi connectivity index (χ0v) is 9.88. The van der Waals surface area contributed by atoms with Crippen molar-refractivity contribution in [1.82, 2.24) is 0 Å². The van der Waals surface area contributed by atoms with Gasteiger partial charge in [-0.15, -0.1) is 0 Å². The smallest absolute Gasteiger partial charge is 0.337 e. The minimum atomic E-state index is -0.774. The van der Waals surface area contributed by atoms with Crippen LogP contribution in [0.1, 0.15) is 41.5 Å². The van der Waals surface area contributed by atoms with Crippen LogP contribution in [-0.4, -0.2) is 17.9 Å². The van der Waals surface area contributed by atoms with Crippen molar-refractivity contribution in [2.24, 2.45) is 11.3 Å². The van der Waals surface area contributed by atoms with Crippen LogP contribution in [0, 0.1) is 11.3 Å². The van der Waals surface area contributed by atoms with Crippen LogP contribution in [0.3, 0.4) is 0 Å². The molecule has 1 aliphatic heterocycles. The number of hydrogen-bond acceptors (Lipinski definition) is 3. The first-order chi connectivity index (χ1) is 6.21. The summed E-state index contributed by atoms with van der Waals surface area (Å²) in [5, 5.41) is 0. The van der Waals surface area contributed by atoms with Gasteiger partial charge in [-0.3, -0.25) is 0 Å². The maximum absolute atomic E-state index is 11.4. The Kier molecular flexibility index (Phi) is 2.65. The highest BCUT2D eigenvalue weighted by atomic mass is 16.8. The largest absolute Gasteiger partial charge is 0.430 e. The number of cyclic esters (lactones) is 1. The topological polar surface area (TPSA) is 35.5 Å². The van der Waals surface area contributed by atoms with E-state index in [9.17, 15) is 4.79 Å². The van der Waals surface area contributed by atoms with Gasteiger partial charge in [-0.2, -0.15) is 0 Å². The Bertz CT molecular complexity index is 239. The summed E-state index contributed by atoms with van der Waals surface area (Å²) in [6, 6.07) is 0. The number of rotatable bonds is 1. The third-order valence-electron chi connectivity index (χ3n) is 2.74. The lowest BCUT2D eigenvalue weighted by molar-refractivity contribution is -0.253. The van der Waals surface area contributed by atoms with E-state index in [0.717, 1.165) is 0 Å². The second-order valence-electron chi connectivity index (χ2n) is 5.25. The van der Waals surface area contributed by atoms with Crippen molar-refractivity contribution >= 4 is 5.97 Å². The van der Waals surface area contributed by atoms with Crippen LogP contribution in [0.4, 0.5) is 0 Å². The molecule has 0 aromatic heterocycles. The molecule has 0 amide bonds. The molecule has 0 radical (unpaired) electrons. The lowest BCUT2D eigenvalue weighted by Crippen LogP contribution is -2.49. The lowest BCUT2D eigenvalue weighted by Gasteiger charge is -2.41. The fraction of sp³-hybridized carbons (Fsp3) is 0.909. The molecule has 0 saturated carbocycles. The molecule has 82 valence electrons. The van der Waals surface area contributed by atoms with Gasteiger partial charge in [0.1, 0.15) is 0 Å². The highest BCUT2D eigenvalue weighted by Gasteiger charge is 2.56. The average molecular weight is 200 g/mol. The van der Waals surface area contributed by atoms with E-state index in [1.54, 1.807) is 6.92 Å². The van der Waals surface area contributed by atoms with E-state index in [0.29, 0.717) is 0 Å². The van der Waals surface area contributed by atoms with Crippen molar-refractivity contribution in [3.63, 3.8) is 0 Å². The molecule has 0 unspecified atom stereocenters. The summed E-state index contributed by atoms with van der Waals surface area (Å²) in [5.74, 6) is -0.881. The quantitative estimate of drug-likeness (QED) is 0.609. The Morgan fingerprint density at radius 3 is 2.00 bits per heavy atom. The third-order valence-corrected chi connectivity index (χ3v) is 2.74. The molecule has 0 aromatic carbocycles. The van der Waals surface area contributed by atoms with Gasteiger partial charge in [-0.1, -0.05) is 34.6 Å². The first-order valence-electron chi connectivity index (χ1n) is 5.11. The van der Waals surface area contributed by atoms with E-state index in [1.807, 2.05) is 34.6 Å². The summed E-state index contributed by atoms with van der Waals surface area (Å²) in [6.07, 6.45) is -0.448. The number of carbonyl (C=O) groups excluding carboxylic acids is 1. The summed E-state index contributed by atoms with van der Waals surface area (Å²) in [7, 11) is 0. The van der Waals surface area contributed by atoms with Gasteiger partial charge in [0.25, 0.3) is 0 Å². The molecule has 1 fully saturated rings. The monoisotopic (exact) mass is 200 g/mol. The summed E-state index contributed by atoms with van der Waals surface area (Å²) in [4.78, 5) is 11.4. The molecule has 1 aliphatic rings. The minimum Gasteiger partial charge on any atom is -0.430 e. The Hall–Kier alpha value is -0.570. The van der Waals surface area contributed by atoms with Gasteiger partial charge in [-0.05, 0) is 6.92 Å². The summed E-state index contributed by atoms with van der Waals surface area (Å²) >= 11 is 0. The SMILES string of the molecule is CC(C)[C@@]1(C(C)(C)C)OC(=O)[C@H](C)O1. The maximum atomic E-state index is 11.4. The van der Waals surface area contributed by atoms with Gasteiger partial charge in [0, 0.05) is 11.3 Å². The zero-order chi connectivity index (χ0) is 11.1. The van der Waals surface area contributed by atoms with Crippen LogP contribution < -0.4 is 0 Å². The van der Waals surface area contributed by atoms with Crippen LogP contribution in [0.25, 0.3) is 0 Å². The van der Waals surface area contributed by atoms with E-state index >= 15 is 0 Å². The van der Waals surface area contributed by atoms with Gasteiger partial charge in [-0.25, -0.2) is 4.79 Å². The fourth-order valence-electron chi connectivity index (χ4n) is 2.02. The molecule has 2 atom stereocenters. The van der Waals surface area contributed by atoms with Crippen molar-refractivity contribution in [1.29, 1.82) is 0 Å². The van der Waals surface area contributed by atoms with Gasteiger partial charge in [0.2, 0.25) is 5.79 Å². The Balaban J connectivity index is 3.04. The number of ether oxygens (including phenoxy) is 2. The molecule has 3 nitrogen and oxygen atoms in total.